The Labute approximate surface area is 118 Å². The van der Waals surface area contributed by atoms with Gasteiger partial charge in [0.1, 0.15) is 6.54 Å². The standard InChI is InChI=1S/C13H22N2O5/c1-9(2)15(7-10(16)20-4)12(19)14-6-5-13(3,8-14)11(17)18/h9H,5-8H2,1-4H3,(H,17,18). The summed E-state index contributed by atoms with van der Waals surface area (Å²) in [7, 11) is 1.27. The molecule has 1 unspecified atom stereocenters. The number of aliphatic carboxylic acids is 1. The van der Waals surface area contributed by atoms with Crippen molar-refractivity contribution in [2.24, 2.45) is 5.41 Å². The summed E-state index contributed by atoms with van der Waals surface area (Å²) in [5, 5.41) is 9.18. The van der Waals surface area contributed by atoms with Gasteiger partial charge in [0.05, 0.1) is 12.5 Å². The lowest BCUT2D eigenvalue weighted by Gasteiger charge is -2.30. The van der Waals surface area contributed by atoms with Crippen LogP contribution in [0, 0.1) is 5.41 Å². The molecule has 1 aliphatic rings. The van der Waals surface area contributed by atoms with E-state index in [1.165, 1.54) is 16.9 Å². The minimum atomic E-state index is -0.913. The van der Waals surface area contributed by atoms with Crippen molar-refractivity contribution in [1.29, 1.82) is 0 Å². The first-order chi connectivity index (χ1) is 9.21. The summed E-state index contributed by atoms with van der Waals surface area (Å²) >= 11 is 0. The topological polar surface area (TPSA) is 87.2 Å². The summed E-state index contributed by atoms with van der Waals surface area (Å²) in [5.41, 5.74) is -0.913. The third kappa shape index (κ3) is 3.40. The SMILES string of the molecule is COC(=O)CN(C(=O)N1CCC(C)(C(=O)O)C1)C(C)C. The number of methoxy groups -OCH3 is 1. The molecule has 0 spiro atoms. The summed E-state index contributed by atoms with van der Waals surface area (Å²) in [6, 6.07) is -0.492. The van der Waals surface area contributed by atoms with Gasteiger partial charge in [-0.1, -0.05) is 0 Å². The number of likely N-dealkylation sites (tertiary alicyclic amines) is 1. The van der Waals surface area contributed by atoms with Gasteiger partial charge in [-0.3, -0.25) is 9.59 Å². The number of rotatable bonds is 4. The van der Waals surface area contributed by atoms with Gasteiger partial charge in [-0.2, -0.15) is 0 Å². The molecule has 1 aliphatic heterocycles. The molecule has 0 saturated carbocycles. The Balaban J connectivity index is 2.77. The number of hydrogen-bond acceptors (Lipinski definition) is 4. The van der Waals surface area contributed by atoms with Gasteiger partial charge in [0.25, 0.3) is 0 Å². The van der Waals surface area contributed by atoms with Gasteiger partial charge in [-0.15, -0.1) is 0 Å². The first kappa shape index (κ1) is 16.3. The van der Waals surface area contributed by atoms with Crippen LogP contribution in [-0.4, -0.2) is 65.7 Å². The van der Waals surface area contributed by atoms with Crippen LogP contribution in [-0.2, 0) is 14.3 Å². The molecule has 2 amide bonds. The van der Waals surface area contributed by atoms with Crippen LogP contribution in [0.3, 0.4) is 0 Å². The van der Waals surface area contributed by atoms with Gasteiger partial charge >= 0.3 is 18.0 Å². The molecule has 0 aliphatic carbocycles. The van der Waals surface area contributed by atoms with Crippen molar-refractivity contribution in [3.63, 3.8) is 0 Å². The molecule has 0 radical (unpaired) electrons. The molecule has 1 fully saturated rings. The zero-order chi connectivity index (χ0) is 15.5. The van der Waals surface area contributed by atoms with Crippen LogP contribution in [0.5, 0.6) is 0 Å². The normalized spacial score (nSPS) is 21.9. The highest BCUT2D eigenvalue weighted by molar-refractivity contribution is 5.83. The Hall–Kier alpha value is -1.79. The number of carbonyl (C=O) groups is 3. The maximum Gasteiger partial charge on any atom is 0.325 e. The molecule has 1 atom stereocenters. The van der Waals surface area contributed by atoms with Crippen molar-refractivity contribution in [2.45, 2.75) is 33.2 Å². The second kappa shape index (κ2) is 6.11. The molecule has 0 aromatic rings. The zero-order valence-corrected chi connectivity index (χ0v) is 12.4. The number of nitrogens with zero attached hydrogens (tertiary/aromatic N) is 2. The van der Waals surface area contributed by atoms with Crippen molar-refractivity contribution >= 4 is 18.0 Å². The Morgan fingerprint density at radius 1 is 1.40 bits per heavy atom. The number of carbonyl (C=O) groups excluding carboxylic acids is 2. The van der Waals surface area contributed by atoms with Gasteiger partial charge < -0.3 is 19.6 Å². The highest BCUT2D eigenvalue weighted by Gasteiger charge is 2.43. The van der Waals surface area contributed by atoms with Crippen LogP contribution < -0.4 is 0 Å². The minimum absolute atomic E-state index is 0.132. The van der Waals surface area contributed by atoms with Crippen LogP contribution in [0.4, 0.5) is 4.79 Å². The van der Waals surface area contributed by atoms with Crippen LogP contribution in [0.25, 0.3) is 0 Å². The summed E-state index contributed by atoms with van der Waals surface area (Å²) in [6.07, 6.45) is 0.415. The number of esters is 1. The fraction of sp³-hybridized carbons (Fsp3) is 0.769. The fourth-order valence-corrected chi connectivity index (χ4v) is 2.16. The highest BCUT2D eigenvalue weighted by Crippen LogP contribution is 2.30. The maximum atomic E-state index is 12.4. The fourth-order valence-electron chi connectivity index (χ4n) is 2.16. The molecule has 0 aromatic heterocycles. The second-order valence-corrected chi connectivity index (χ2v) is 5.62. The van der Waals surface area contributed by atoms with Crippen LogP contribution in [0.1, 0.15) is 27.2 Å². The average molecular weight is 286 g/mol. The molecular formula is C13H22N2O5. The Morgan fingerprint density at radius 3 is 2.40 bits per heavy atom. The summed E-state index contributed by atoms with van der Waals surface area (Å²) < 4.78 is 4.58. The van der Waals surface area contributed by atoms with E-state index in [0.717, 1.165) is 0 Å². The number of amides is 2. The summed E-state index contributed by atoms with van der Waals surface area (Å²) in [4.78, 5) is 37.8. The predicted octanol–water partition coefficient (Wildman–Crippen LogP) is 0.786. The second-order valence-electron chi connectivity index (χ2n) is 5.62. The lowest BCUT2D eigenvalue weighted by Crippen LogP contribution is -2.48. The molecule has 0 bridgehead atoms. The number of carboxylic acids is 1. The number of hydrogen-bond donors (Lipinski definition) is 1. The van der Waals surface area contributed by atoms with E-state index in [4.69, 9.17) is 0 Å². The van der Waals surface area contributed by atoms with Gasteiger partial charge in [0, 0.05) is 19.1 Å². The third-order valence-corrected chi connectivity index (χ3v) is 3.66. The molecule has 114 valence electrons. The summed E-state index contributed by atoms with van der Waals surface area (Å²) in [5.74, 6) is -1.40. The zero-order valence-electron chi connectivity index (χ0n) is 12.4. The van der Waals surface area contributed by atoms with Crippen molar-refractivity contribution in [1.82, 2.24) is 9.80 Å². The molecule has 7 heteroatoms. The molecule has 1 heterocycles. The third-order valence-electron chi connectivity index (χ3n) is 3.66. The van der Waals surface area contributed by atoms with Crippen LogP contribution >= 0.6 is 0 Å². The quantitative estimate of drug-likeness (QED) is 0.772. The monoisotopic (exact) mass is 286 g/mol. The molecule has 1 N–H and O–H groups in total. The highest BCUT2D eigenvalue weighted by atomic mass is 16.5. The Bertz CT molecular complexity index is 410. The average Bonchev–Trinajstić information content (AvgIpc) is 2.78. The first-order valence-electron chi connectivity index (χ1n) is 6.57. The first-order valence-corrected chi connectivity index (χ1v) is 6.57. The summed E-state index contributed by atoms with van der Waals surface area (Å²) in [6.45, 7) is 5.63. The van der Waals surface area contributed by atoms with E-state index in [-0.39, 0.29) is 25.2 Å². The number of urea groups is 1. The van der Waals surface area contributed by atoms with E-state index < -0.39 is 17.4 Å². The van der Waals surface area contributed by atoms with Crippen LogP contribution in [0.2, 0.25) is 0 Å². The van der Waals surface area contributed by atoms with Crippen molar-refractivity contribution in [3.8, 4) is 0 Å². The molecule has 0 aromatic carbocycles. The van der Waals surface area contributed by atoms with Crippen LogP contribution in [0.15, 0.2) is 0 Å². The van der Waals surface area contributed by atoms with E-state index in [0.29, 0.717) is 13.0 Å². The molecule has 1 rings (SSSR count). The molecule has 20 heavy (non-hydrogen) atoms. The van der Waals surface area contributed by atoms with Crippen molar-refractivity contribution in [3.05, 3.63) is 0 Å². The van der Waals surface area contributed by atoms with Gasteiger partial charge in [0.2, 0.25) is 0 Å². The van der Waals surface area contributed by atoms with E-state index in [1.807, 2.05) is 0 Å². The molecular weight excluding hydrogens is 264 g/mol. The molecule has 7 nitrogen and oxygen atoms in total. The van der Waals surface area contributed by atoms with E-state index in [2.05, 4.69) is 4.74 Å². The van der Waals surface area contributed by atoms with E-state index >= 15 is 0 Å². The van der Waals surface area contributed by atoms with Crippen molar-refractivity contribution in [2.75, 3.05) is 26.7 Å². The Kier molecular flexibility index (Phi) is 4.97. The van der Waals surface area contributed by atoms with E-state index in [9.17, 15) is 19.5 Å². The number of ether oxygens (including phenoxy) is 1. The maximum absolute atomic E-state index is 12.4. The van der Waals surface area contributed by atoms with Crippen molar-refractivity contribution < 1.29 is 24.2 Å². The Morgan fingerprint density at radius 2 is 2.00 bits per heavy atom. The van der Waals surface area contributed by atoms with Gasteiger partial charge in [-0.25, -0.2) is 4.79 Å². The van der Waals surface area contributed by atoms with E-state index in [1.54, 1.807) is 20.8 Å². The molecule has 1 saturated heterocycles. The largest absolute Gasteiger partial charge is 0.481 e. The van der Waals surface area contributed by atoms with Gasteiger partial charge in [-0.05, 0) is 27.2 Å². The number of carboxylic acid groups (broad SMARTS) is 1. The van der Waals surface area contributed by atoms with Gasteiger partial charge in [0.15, 0.2) is 0 Å². The minimum Gasteiger partial charge on any atom is -0.481 e. The lowest BCUT2D eigenvalue weighted by atomic mass is 9.90. The lowest BCUT2D eigenvalue weighted by molar-refractivity contribution is -0.147. The smallest absolute Gasteiger partial charge is 0.325 e. The predicted molar refractivity (Wildman–Crippen MR) is 71.2 cm³/mol.